The number of anilines is 3. The van der Waals surface area contributed by atoms with Gasteiger partial charge >= 0.3 is 0 Å². The zero-order chi connectivity index (χ0) is 18.6. The van der Waals surface area contributed by atoms with Crippen LogP contribution in [0.2, 0.25) is 0 Å². The molecule has 1 amide bonds. The fourth-order valence-corrected chi connectivity index (χ4v) is 3.38. The molecule has 1 aromatic carbocycles. The molecule has 1 aliphatic heterocycles. The van der Waals surface area contributed by atoms with Gasteiger partial charge in [-0.2, -0.15) is 4.98 Å². The number of hydrogen-bond donors (Lipinski definition) is 2. The summed E-state index contributed by atoms with van der Waals surface area (Å²) in [5, 5.41) is 6.41. The number of carbonyl (C=O) groups excluding carboxylic acids is 1. The Kier molecular flexibility index (Phi) is 5.09. The summed E-state index contributed by atoms with van der Waals surface area (Å²) in [7, 11) is 1.65. The van der Waals surface area contributed by atoms with Crippen LogP contribution >= 0.6 is 0 Å². The summed E-state index contributed by atoms with van der Waals surface area (Å²) in [6.07, 6.45) is 5.86. The molecule has 7 heteroatoms. The average Bonchev–Trinajstić information content (AvgIpc) is 3.53. The lowest BCUT2D eigenvalue weighted by Crippen LogP contribution is -2.44. The Labute approximate surface area is 159 Å². The van der Waals surface area contributed by atoms with Gasteiger partial charge < -0.3 is 20.3 Å². The summed E-state index contributed by atoms with van der Waals surface area (Å²) >= 11 is 0. The number of hydrogen-bond acceptors (Lipinski definition) is 6. The zero-order valence-electron chi connectivity index (χ0n) is 15.5. The maximum atomic E-state index is 12.4. The van der Waals surface area contributed by atoms with Crippen molar-refractivity contribution >= 4 is 23.4 Å². The number of piperidine rings is 1. The standard InChI is InChI=1S/C20H25N5O2/c1-27-17-7-3-2-6-16(17)23-18-10-11-21-20(24-18)25-12-4-5-14(13-25)19(26)22-15-8-9-15/h2-3,6-7,10-11,14-15H,4-5,8-9,12-13H2,1H3,(H,22,26)(H,21,23,24). The van der Waals surface area contributed by atoms with Crippen LogP contribution in [0.15, 0.2) is 36.5 Å². The van der Waals surface area contributed by atoms with Crippen LogP contribution in [-0.4, -0.2) is 42.1 Å². The Morgan fingerprint density at radius 2 is 2.07 bits per heavy atom. The maximum Gasteiger partial charge on any atom is 0.227 e. The number of benzene rings is 1. The molecule has 1 aliphatic carbocycles. The number of carbonyl (C=O) groups is 1. The van der Waals surface area contributed by atoms with Crippen LogP contribution in [0.3, 0.4) is 0 Å². The summed E-state index contributed by atoms with van der Waals surface area (Å²) < 4.78 is 5.38. The second-order valence-corrected chi connectivity index (χ2v) is 7.14. The van der Waals surface area contributed by atoms with Gasteiger partial charge in [0, 0.05) is 25.3 Å². The van der Waals surface area contributed by atoms with E-state index in [1.165, 1.54) is 0 Å². The Morgan fingerprint density at radius 3 is 2.89 bits per heavy atom. The summed E-state index contributed by atoms with van der Waals surface area (Å²) in [6.45, 7) is 1.53. The van der Waals surface area contributed by atoms with Crippen LogP contribution in [0.5, 0.6) is 5.75 Å². The van der Waals surface area contributed by atoms with Crippen molar-refractivity contribution in [3.63, 3.8) is 0 Å². The summed E-state index contributed by atoms with van der Waals surface area (Å²) in [4.78, 5) is 23.6. The van der Waals surface area contributed by atoms with Gasteiger partial charge in [0.15, 0.2) is 0 Å². The lowest BCUT2D eigenvalue weighted by molar-refractivity contribution is -0.125. The van der Waals surface area contributed by atoms with E-state index in [-0.39, 0.29) is 11.8 Å². The molecule has 1 saturated heterocycles. The highest BCUT2D eigenvalue weighted by molar-refractivity contribution is 5.80. The molecule has 1 saturated carbocycles. The molecule has 1 unspecified atom stereocenters. The molecule has 2 aromatic rings. The third-order valence-electron chi connectivity index (χ3n) is 5.01. The van der Waals surface area contributed by atoms with E-state index in [9.17, 15) is 4.79 Å². The van der Waals surface area contributed by atoms with Crippen molar-refractivity contribution in [2.75, 3.05) is 30.4 Å². The van der Waals surface area contributed by atoms with Gasteiger partial charge in [0.1, 0.15) is 11.6 Å². The highest BCUT2D eigenvalue weighted by Crippen LogP contribution is 2.28. The Hall–Kier alpha value is -2.83. The first-order chi connectivity index (χ1) is 13.2. The molecular weight excluding hydrogens is 342 g/mol. The van der Waals surface area contributed by atoms with Gasteiger partial charge in [0.05, 0.1) is 18.7 Å². The summed E-state index contributed by atoms with van der Waals surface area (Å²) in [5.41, 5.74) is 0.852. The first-order valence-corrected chi connectivity index (χ1v) is 9.51. The van der Waals surface area contributed by atoms with Crippen molar-refractivity contribution in [2.45, 2.75) is 31.7 Å². The van der Waals surface area contributed by atoms with Gasteiger partial charge in [-0.25, -0.2) is 4.98 Å². The van der Waals surface area contributed by atoms with Gasteiger partial charge in [-0.1, -0.05) is 12.1 Å². The zero-order valence-corrected chi connectivity index (χ0v) is 15.5. The van der Waals surface area contributed by atoms with E-state index >= 15 is 0 Å². The molecule has 4 rings (SSSR count). The lowest BCUT2D eigenvalue weighted by atomic mass is 9.97. The minimum atomic E-state index is 0.00813. The Balaban J connectivity index is 1.45. The highest BCUT2D eigenvalue weighted by atomic mass is 16.5. The van der Waals surface area contributed by atoms with Gasteiger partial charge in [-0.05, 0) is 43.9 Å². The monoisotopic (exact) mass is 367 g/mol. The SMILES string of the molecule is COc1ccccc1Nc1ccnc(N2CCCC(C(=O)NC3CC3)C2)n1. The van der Waals surface area contributed by atoms with Crippen molar-refractivity contribution in [1.82, 2.24) is 15.3 Å². The number of rotatable bonds is 6. The van der Waals surface area contributed by atoms with E-state index in [1.54, 1.807) is 13.3 Å². The number of para-hydroxylation sites is 2. The van der Waals surface area contributed by atoms with Crippen LogP contribution in [0.1, 0.15) is 25.7 Å². The molecule has 2 heterocycles. The van der Waals surface area contributed by atoms with E-state index < -0.39 is 0 Å². The van der Waals surface area contributed by atoms with Gasteiger partial charge in [0.25, 0.3) is 0 Å². The van der Waals surface area contributed by atoms with Gasteiger partial charge in [-0.15, -0.1) is 0 Å². The first-order valence-electron chi connectivity index (χ1n) is 9.51. The number of nitrogens with zero attached hydrogens (tertiary/aromatic N) is 3. The van der Waals surface area contributed by atoms with Crippen molar-refractivity contribution in [3.8, 4) is 5.75 Å². The molecular formula is C20H25N5O2. The van der Waals surface area contributed by atoms with E-state index in [4.69, 9.17) is 4.74 Å². The molecule has 0 spiro atoms. The van der Waals surface area contributed by atoms with Gasteiger partial charge in [0.2, 0.25) is 11.9 Å². The molecule has 27 heavy (non-hydrogen) atoms. The fourth-order valence-electron chi connectivity index (χ4n) is 3.38. The van der Waals surface area contributed by atoms with Crippen LogP contribution in [0.25, 0.3) is 0 Å². The number of nitrogens with one attached hydrogen (secondary N) is 2. The number of ether oxygens (including phenoxy) is 1. The van der Waals surface area contributed by atoms with Crippen LogP contribution in [-0.2, 0) is 4.79 Å². The molecule has 1 aromatic heterocycles. The number of aromatic nitrogens is 2. The molecule has 2 N–H and O–H groups in total. The summed E-state index contributed by atoms with van der Waals surface area (Å²) in [6, 6.07) is 9.95. The Bertz CT molecular complexity index is 808. The van der Waals surface area contributed by atoms with E-state index in [1.807, 2.05) is 30.3 Å². The normalized spacial score (nSPS) is 19.4. The smallest absolute Gasteiger partial charge is 0.227 e. The van der Waals surface area contributed by atoms with E-state index in [0.717, 1.165) is 43.7 Å². The molecule has 0 radical (unpaired) electrons. The van der Waals surface area contributed by atoms with Gasteiger partial charge in [-0.3, -0.25) is 4.79 Å². The maximum absolute atomic E-state index is 12.4. The second kappa shape index (κ2) is 7.82. The summed E-state index contributed by atoms with van der Waals surface area (Å²) in [5.74, 6) is 2.29. The first kappa shape index (κ1) is 17.6. The third-order valence-corrected chi connectivity index (χ3v) is 5.01. The average molecular weight is 367 g/mol. The Morgan fingerprint density at radius 1 is 1.22 bits per heavy atom. The van der Waals surface area contributed by atoms with Crippen molar-refractivity contribution in [1.29, 1.82) is 0 Å². The molecule has 2 aliphatic rings. The predicted octanol–water partition coefficient (Wildman–Crippen LogP) is 2.72. The highest BCUT2D eigenvalue weighted by Gasteiger charge is 2.31. The van der Waals surface area contributed by atoms with Crippen LogP contribution in [0, 0.1) is 5.92 Å². The van der Waals surface area contributed by atoms with Crippen molar-refractivity contribution in [2.24, 2.45) is 5.92 Å². The lowest BCUT2D eigenvalue weighted by Gasteiger charge is -2.32. The molecule has 142 valence electrons. The topological polar surface area (TPSA) is 79.4 Å². The van der Waals surface area contributed by atoms with Crippen molar-refractivity contribution < 1.29 is 9.53 Å². The minimum absolute atomic E-state index is 0.00813. The minimum Gasteiger partial charge on any atom is -0.495 e. The molecule has 0 bridgehead atoms. The fraction of sp³-hybridized carbons (Fsp3) is 0.450. The largest absolute Gasteiger partial charge is 0.495 e. The van der Waals surface area contributed by atoms with Crippen molar-refractivity contribution in [3.05, 3.63) is 36.5 Å². The molecule has 7 nitrogen and oxygen atoms in total. The van der Waals surface area contributed by atoms with E-state index in [2.05, 4.69) is 25.5 Å². The number of amides is 1. The second-order valence-electron chi connectivity index (χ2n) is 7.14. The molecule has 2 fully saturated rings. The molecule has 1 atom stereocenters. The third kappa shape index (κ3) is 4.30. The van der Waals surface area contributed by atoms with Crippen LogP contribution < -0.4 is 20.3 Å². The number of methoxy groups -OCH3 is 1. The quantitative estimate of drug-likeness (QED) is 0.817. The van der Waals surface area contributed by atoms with E-state index in [0.29, 0.717) is 24.4 Å². The predicted molar refractivity (Wildman–Crippen MR) is 104 cm³/mol. The van der Waals surface area contributed by atoms with Crippen LogP contribution in [0.4, 0.5) is 17.5 Å².